The van der Waals surface area contributed by atoms with Gasteiger partial charge in [-0.3, -0.25) is 4.57 Å². The number of hydrogen-bond donors (Lipinski definition) is 0. The Morgan fingerprint density at radius 1 is 0.452 bits per heavy atom. The second kappa shape index (κ2) is 13.1. The van der Waals surface area contributed by atoms with E-state index in [1.165, 1.54) is 82.4 Å². The molecule has 292 valence electrons. The van der Waals surface area contributed by atoms with Gasteiger partial charge in [0, 0.05) is 32.5 Å². The molecule has 0 radical (unpaired) electrons. The average molecular weight is 793 g/mol. The van der Waals surface area contributed by atoms with Crippen molar-refractivity contribution in [1.82, 2.24) is 19.1 Å². The van der Waals surface area contributed by atoms with Crippen molar-refractivity contribution < 1.29 is 0 Å². The van der Waals surface area contributed by atoms with E-state index >= 15 is 0 Å². The summed E-state index contributed by atoms with van der Waals surface area (Å²) >= 11 is 0. The van der Waals surface area contributed by atoms with Crippen molar-refractivity contribution >= 4 is 65.3 Å². The summed E-state index contributed by atoms with van der Waals surface area (Å²) in [6.45, 7) is 4.59. The number of nitrogens with zero attached hydrogens (tertiary/aromatic N) is 4. The molecule has 0 saturated heterocycles. The molecule has 1 aliphatic rings. The molecule has 0 saturated carbocycles. The molecule has 1 aliphatic heterocycles. The largest absolute Gasteiger partial charge is 0.309 e. The zero-order valence-corrected chi connectivity index (χ0v) is 34.5. The highest BCUT2D eigenvalue weighted by molar-refractivity contribution is 6.13. The molecule has 4 heterocycles. The lowest BCUT2D eigenvalue weighted by molar-refractivity contribution is 0.712. The molecule has 0 aliphatic carbocycles. The first-order valence-corrected chi connectivity index (χ1v) is 21.6. The molecule has 0 spiro atoms. The van der Waals surface area contributed by atoms with Crippen LogP contribution in [0.2, 0.25) is 0 Å². The fourth-order valence-electron chi connectivity index (χ4n) is 11.1. The Balaban J connectivity index is 1.19. The van der Waals surface area contributed by atoms with E-state index in [0.717, 1.165) is 39.6 Å². The van der Waals surface area contributed by atoms with Crippen molar-refractivity contribution in [3.63, 3.8) is 0 Å². The van der Waals surface area contributed by atoms with E-state index in [-0.39, 0.29) is 0 Å². The Hall–Kier alpha value is -7.82. The standard InChI is InChI=1S/C58H40N4/c1-3-37-34-45-42-21-9-14-29-52(42)62(57-59-50-27-12-7-22-44(50)55(60-57)40-32-31-38-18-5-6-19-39(38)33-40)54(45)35-49(37)58(46-24-10-4-17-36(46)2)47-25-11-15-30-53(47)61-51-28-13-8-20-41(51)43-23-16-26-48(58)56(43)61/h4-35H,3H2,1-2H3. The Morgan fingerprint density at radius 3 is 1.92 bits per heavy atom. The Bertz CT molecular complexity index is 3830. The minimum Gasteiger partial charge on any atom is -0.309 e. The van der Waals surface area contributed by atoms with Crippen LogP contribution in [0, 0.1) is 6.92 Å². The van der Waals surface area contributed by atoms with E-state index < -0.39 is 5.41 Å². The quantitative estimate of drug-likeness (QED) is 0.174. The van der Waals surface area contributed by atoms with Gasteiger partial charge in [0.25, 0.3) is 0 Å². The van der Waals surface area contributed by atoms with Crippen LogP contribution in [0.15, 0.2) is 194 Å². The maximum Gasteiger partial charge on any atom is 0.235 e. The predicted octanol–water partition coefficient (Wildman–Crippen LogP) is 14.2. The third-order valence-electron chi connectivity index (χ3n) is 13.7. The van der Waals surface area contributed by atoms with Gasteiger partial charge in [-0.15, -0.1) is 0 Å². The van der Waals surface area contributed by atoms with Crippen molar-refractivity contribution in [2.24, 2.45) is 0 Å². The van der Waals surface area contributed by atoms with Gasteiger partial charge in [0.15, 0.2) is 0 Å². The lowest BCUT2D eigenvalue weighted by Crippen LogP contribution is -2.37. The smallest absolute Gasteiger partial charge is 0.235 e. The number of rotatable bonds is 5. The Labute approximate surface area is 359 Å². The van der Waals surface area contributed by atoms with Gasteiger partial charge < -0.3 is 4.57 Å². The molecule has 0 fully saturated rings. The molecule has 4 nitrogen and oxygen atoms in total. The minimum absolute atomic E-state index is 0.657. The molecule has 9 aromatic carbocycles. The van der Waals surface area contributed by atoms with E-state index in [1.54, 1.807) is 0 Å². The molecular formula is C58H40N4. The summed E-state index contributed by atoms with van der Waals surface area (Å²) in [5.41, 5.74) is 15.8. The fourth-order valence-corrected chi connectivity index (χ4v) is 11.1. The van der Waals surface area contributed by atoms with Gasteiger partial charge in [-0.1, -0.05) is 159 Å². The molecule has 1 atom stereocenters. The molecule has 1 unspecified atom stereocenters. The molecule has 13 rings (SSSR count). The van der Waals surface area contributed by atoms with E-state index in [4.69, 9.17) is 9.97 Å². The van der Waals surface area contributed by atoms with Gasteiger partial charge in [0.2, 0.25) is 5.95 Å². The zero-order chi connectivity index (χ0) is 41.1. The molecule has 62 heavy (non-hydrogen) atoms. The highest BCUT2D eigenvalue weighted by Crippen LogP contribution is 2.56. The molecule has 0 bridgehead atoms. The van der Waals surface area contributed by atoms with Gasteiger partial charge in [-0.2, -0.15) is 0 Å². The summed E-state index contributed by atoms with van der Waals surface area (Å²) in [5.74, 6) is 0.657. The highest BCUT2D eigenvalue weighted by Gasteiger charge is 2.47. The van der Waals surface area contributed by atoms with Crippen molar-refractivity contribution in [2.75, 3.05) is 0 Å². The lowest BCUT2D eigenvalue weighted by Gasteiger charge is -2.43. The summed E-state index contributed by atoms with van der Waals surface area (Å²) < 4.78 is 4.84. The number of aryl methyl sites for hydroxylation is 2. The Morgan fingerprint density at radius 2 is 1.10 bits per heavy atom. The van der Waals surface area contributed by atoms with Crippen LogP contribution < -0.4 is 0 Å². The monoisotopic (exact) mass is 792 g/mol. The van der Waals surface area contributed by atoms with Crippen LogP contribution in [-0.2, 0) is 11.8 Å². The Kier molecular flexibility index (Phi) is 7.39. The summed E-state index contributed by atoms with van der Waals surface area (Å²) in [4.78, 5) is 11.0. The van der Waals surface area contributed by atoms with Crippen molar-refractivity contribution in [2.45, 2.75) is 25.7 Å². The maximum absolute atomic E-state index is 5.56. The van der Waals surface area contributed by atoms with Crippen molar-refractivity contribution in [1.29, 1.82) is 0 Å². The van der Waals surface area contributed by atoms with Gasteiger partial charge in [0.1, 0.15) is 0 Å². The third-order valence-corrected chi connectivity index (χ3v) is 13.7. The van der Waals surface area contributed by atoms with Crippen LogP contribution in [0.3, 0.4) is 0 Å². The number of benzene rings is 9. The highest BCUT2D eigenvalue weighted by atomic mass is 15.2. The number of hydrogen-bond acceptors (Lipinski definition) is 2. The number of aromatic nitrogens is 4. The van der Waals surface area contributed by atoms with Crippen molar-refractivity contribution in [3.05, 3.63) is 228 Å². The van der Waals surface area contributed by atoms with E-state index in [2.05, 4.69) is 217 Å². The molecule has 4 heteroatoms. The van der Waals surface area contributed by atoms with E-state index in [0.29, 0.717) is 5.95 Å². The molecule has 0 N–H and O–H groups in total. The summed E-state index contributed by atoms with van der Waals surface area (Å²) in [5, 5.41) is 8.34. The fraction of sp³-hybridized carbons (Fsp3) is 0.0690. The molecule has 0 amide bonds. The minimum atomic E-state index is -0.660. The van der Waals surface area contributed by atoms with E-state index in [9.17, 15) is 0 Å². The molecule has 3 aromatic heterocycles. The SMILES string of the molecule is CCc1cc2c3ccccc3n(-c3nc(-c4ccc5ccccc5c4)c4ccccc4n3)c2cc1C1(c2ccccc2C)c2ccccc2-n2c3ccccc3c3cccc1c32. The second-order valence-corrected chi connectivity index (χ2v) is 16.8. The first-order chi connectivity index (χ1) is 30.6. The van der Waals surface area contributed by atoms with Crippen LogP contribution in [0.4, 0.5) is 0 Å². The predicted molar refractivity (Wildman–Crippen MR) is 257 cm³/mol. The number of para-hydroxylation sites is 5. The second-order valence-electron chi connectivity index (χ2n) is 16.8. The van der Waals surface area contributed by atoms with Gasteiger partial charge in [-0.25, -0.2) is 9.97 Å². The normalized spacial score (nSPS) is 14.7. The lowest BCUT2D eigenvalue weighted by atomic mass is 9.61. The first kappa shape index (κ1) is 35.0. The van der Waals surface area contributed by atoms with E-state index in [1.807, 2.05) is 0 Å². The van der Waals surface area contributed by atoms with Crippen LogP contribution in [-0.4, -0.2) is 19.1 Å². The molecule has 12 aromatic rings. The van der Waals surface area contributed by atoms with Gasteiger partial charge >= 0.3 is 0 Å². The number of fused-ring (bicyclic) bond motifs is 10. The zero-order valence-electron chi connectivity index (χ0n) is 34.5. The van der Waals surface area contributed by atoms with Crippen molar-refractivity contribution in [3.8, 4) is 22.9 Å². The van der Waals surface area contributed by atoms with Gasteiger partial charge in [0.05, 0.1) is 44.4 Å². The maximum atomic E-state index is 5.56. The third kappa shape index (κ3) is 4.66. The first-order valence-electron chi connectivity index (χ1n) is 21.6. The van der Waals surface area contributed by atoms with Crippen LogP contribution in [0.5, 0.6) is 0 Å². The molecular weight excluding hydrogens is 753 g/mol. The van der Waals surface area contributed by atoms with Crippen LogP contribution in [0.1, 0.15) is 40.3 Å². The average Bonchev–Trinajstić information content (AvgIpc) is 3.84. The van der Waals surface area contributed by atoms with Gasteiger partial charge in [-0.05, 0) is 100.0 Å². The summed E-state index contributed by atoms with van der Waals surface area (Å²) in [6, 6.07) is 71.4. The topological polar surface area (TPSA) is 35.6 Å². The van der Waals surface area contributed by atoms with Crippen LogP contribution >= 0.6 is 0 Å². The van der Waals surface area contributed by atoms with Crippen LogP contribution in [0.25, 0.3) is 88.2 Å². The summed E-state index contributed by atoms with van der Waals surface area (Å²) in [7, 11) is 0. The summed E-state index contributed by atoms with van der Waals surface area (Å²) in [6.07, 6.45) is 0.859.